The lowest BCUT2D eigenvalue weighted by Gasteiger charge is -2.00. The molecule has 0 aliphatic heterocycles. The van der Waals surface area contributed by atoms with E-state index in [4.69, 9.17) is 4.74 Å². The summed E-state index contributed by atoms with van der Waals surface area (Å²) in [4.78, 5) is 11.8. The van der Waals surface area contributed by atoms with Crippen LogP contribution in [0.1, 0.15) is 15.9 Å². The van der Waals surface area contributed by atoms with Gasteiger partial charge in [-0.25, -0.2) is 0 Å². The summed E-state index contributed by atoms with van der Waals surface area (Å²) in [5, 5.41) is 0. The third kappa shape index (κ3) is 2.78. The SMILES string of the molecule is COc1ccccc1C#CC(=O)c1ccccc1. The number of rotatable bonds is 2. The first-order chi connectivity index (χ1) is 8.81. The number of ketones is 1. The van der Waals surface area contributed by atoms with Crippen LogP contribution in [0.2, 0.25) is 0 Å². The minimum atomic E-state index is -0.193. The van der Waals surface area contributed by atoms with Crippen LogP contribution in [0, 0.1) is 11.8 Å². The van der Waals surface area contributed by atoms with Gasteiger partial charge in [-0.1, -0.05) is 48.4 Å². The Morgan fingerprint density at radius 1 is 1.00 bits per heavy atom. The predicted molar refractivity (Wildman–Crippen MR) is 70.6 cm³/mol. The molecule has 0 amide bonds. The molecule has 0 unspecified atom stereocenters. The third-order valence-corrected chi connectivity index (χ3v) is 2.45. The molecular formula is C16H12O2. The Bertz CT molecular complexity index is 604. The number of ether oxygens (including phenoxy) is 1. The standard InChI is InChI=1S/C16H12O2/c1-18-16-10-6-5-9-14(16)11-12-15(17)13-7-3-2-4-8-13/h2-10H,1H3. The number of carbonyl (C=O) groups is 1. The maximum Gasteiger partial charge on any atom is 0.236 e. The summed E-state index contributed by atoms with van der Waals surface area (Å²) in [5.41, 5.74) is 1.31. The molecule has 0 aliphatic carbocycles. The average molecular weight is 236 g/mol. The lowest BCUT2D eigenvalue weighted by molar-refractivity contribution is 0.105. The number of para-hydroxylation sites is 1. The zero-order valence-electron chi connectivity index (χ0n) is 10.0. The molecule has 2 rings (SSSR count). The van der Waals surface area contributed by atoms with Gasteiger partial charge in [0.2, 0.25) is 5.78 Å². The number of Topliss-reactive ketones (excluding diaryl/α,β-unsaturated/α-hetero) is 1. The lowest BCUT2D eigenvalue weighted by atomic mass is 10.1. The Morgan fingerprint density at radius 3 is 2.39 bits per heavy atom. The lowest BCUT2D eigenvalue weighted by Crippen LogP contribution is -1.94. The molecule has 2 aromatic rings. The summed E-state index contributed by atoms with van der Waals surface area (Å²) in [6, 6.07) is 16.4. The highest BCUT2D eigenvalue weighted by Gasteiger charge is 2.01. The van der Waals surface area contributed by atoms with Crippen molar-refractivity contribution in [3.8, 4) is 17.6 Å². The normalized spacial score (nSPS) is 9.17. The van der Waals surface area contributed by atoms with Gasteiger partial charge in [0.15, 0.2) is 0 Å². The maximum atomic E-state index is 11.8. The number of hydrogen-bond donors (Lipinski definition) is 0. The summed E-state index contributed by atoms with van der Waals surface area (Å²) in [6.45, 7) is 0. The predicted octanol–water partition coefficient (Wildman–Crippen LogP) is 2.93. The molecule has 88 valence electrons. The van der Waals surface area contributed by atoms with Gasteiger partial charge in [0, 0.05) is 5.56 Å². The zero-order valence-corrected chi connectivity index (χ0v) is 10.0. The van der Waals surface area contributed by atoms with Crippen LogP contribution in [0.3, 0.4) is 0 Å². The fourth-order valence-electron chi connectivity index (χ4n) is 1.53. The van der Waals surface area contributed by atoms with Gasteiger partial charge in [-0.15, -0.1) is 0 Å². The minimum absolute atomic E-state index is 0.193. The van der Waals surface area contributed by atoms with Crippen molar-refractivity contribution >= 4 is 5.78 Å². The van der Waals surface area contributed by atoms with Crippen molar-refractivity contribution < 1.29 is 9.53 Å². The molecule has 0 fully saturated rings. The van der Waals surface area contributed by atoms with Gasteiger partial charge in [-0.2, -0.15) is 0 Å². The van der Waals surface area contributed by atoms with Crippen LogP contribution in [0.15, 0.2) is 54.6 Å². The molecule has 2 nitrogen and oxygen atoms in total. The molecule has 0 aliphatic rings. The fourth-order valence-corrected chi connectivity index (χ4v) is 1.53. The number of carbonyl (C=O) groups excluding carboxylic acids is 1. The van der Waals surface area contributed by atoms with E-state index in [1.54, 1.807) is 19.2 Å². The average Bonchev–Trinajstić information content (AvgIpc) is 2.46. The second kappa shape index (κ2) is 5.70. The van der Waals surface area contributed by atoms with Crippen LogP contribution in [-0.2, 0) is 0 Å². The van der Waals surface area contributed by atoms with Gasteiger partial charge in [0.25, 0.3) is 0 Å². The van der Waals surface area contributed by atoms with E-state index in [9.17, 15) is 4.79 Å². The molecule has 2 aromatic carbocycles. The van der Waals surface area contributed by atoms with Gasteiger partial charge < -0.3 is 4.74 Å². The molecule has 0 radical (unpaired) electrons. The molecule has 0 spiro atoms. The Labute approximate surface area is 106 Å². The van der Waals surface area contributed by atoms with Crippen LogP contribution in [0.4, 0.5) is 0 Å². The van der Waals surface area contributed by atoms with Gasteiger partial charge in [-0.3, -0.25) is 4.79 Å². The first-order valence-corrected chi connectivity index (χ1v) is 5.55. The van der Waals surface area contributed by atoms with E-state index in [0.29, 0.717) is 16.9 Å². The van der Waals surface area contributed by atoms with Gasteiger partial charge in [0.05, 0.1) is 12.7 Å². The van der Waals surface area contributed by atoms with Crippen molar-refractivity contribution in [1.29, 1.82) is 0 Å². The minimum Gasteiger partial charge on any atom is -0.495 e. The topological polar surface area (TPSA) is 26.3 Å². The van der Waals surface area contributed by atoms with Gasteiger partial charge >= 0.3 is 0 Å². The molecule has 0 atom stereocenters. The largest absolute Gasteiger partial charge is 0.495 e. The number of methoxy groups -OCH3 is 1. The quantitative estimate of drug-likeness (QED) is 0.592. The van der Waals surface area contributed by atoms with Crippen molar-refractivity contribution in [2.24, 2.45) is 0 Å². The molecule has 0 saturated heterocycles. The fraction of sp³-hybridized carbons (Fsp3) is 0.0625. The van der Waals surface area contributed by atoms with E-state index in [1.807, 2.05) is 42.5 Å². The molecule has 0 saturated carbocycles. The molecule has 0 aromatic heterocycles. The second-order valence-corrected chi connectivity index (χ2v) is 3.65. The molecule has 2 heteroatoms. The van der Waals surface area contributed by atoms with Crippen molar-refractivity contribution in [2.75, 3.05) is 7.11 Å². The molecule has 18 heavy (non-hydrogen) atoms. The molecular weight excluding hydrogens is 224 g/mol. The van der Waals surface area contributed by atoms with Crippen LogP contribution in [0.25, 0.3) is 0 Å². The summed E-state index contributed by atoms with van der Waals surface area (Å²) in [7, 11) is 1.58. The first kappa shape index (κ1) is 11.9. The zero-order chi connectivity index (χ0) is 12.8. The van der Waals surface area contributed by atoms with E-state index in [-0.39, 0.29) is 5.78 Å². The van der Waals surface area contributed by atoms with Gasteiger partial charge in [0.1, 0.15) is 5.75 Å². The third-order valence-electron chi connectivity index (χ3n) is 2.45. The smallest absolute Gasteiger partial charge is 0.236 e. The van der Waals surface area contributed by atoms with Crippen LogP contribution < -0.4 is 4.74 Å². The van der Waals surface area contributed by atoms with E-state index in [1.165, 1.54) is 0 Å². The monoisotopic (exact) mass is 236 g/mol. The highest BCUT2D eigenvalue weighted by Crippen LogP contribution is 2.15. The second-order valence-electron chi connectivity index (χ2n) is 3.65. The maximum absolute atomic E-state index is 11.8. The van der Waals surface area contributed by atoms with E-state index >= 15 is 0 Å². The van der Waals surface area contributed by atoms with Crippen LogP contribution in [0.5, 0.6) is 5.75 Å². The van der Waals surface area contributed by atoms with E-state index < -0.39 is 0 Å². The van der Waals surface area contributed by atoms with Crippen LogP contribution in [-0.4, -0.2) is 12.9 Å². The van der Waals surface area contributed by atoms with Crippen LogP contribution >= 0.6 is 0 Å². The van der Waals surface area contributed by atoms with E-state index in [0.717, 1.165) is 0 Å². The Hall–Kier alpha value is -2.53. The Kier molecular flexibility index (Phi) is 3.78. The van der Waals surface area contributed by atoms with E-state index in [2.05, 4.69) is 11.8 Å². The Morgan fingerprint density at radius 2 is 1.67 bits per heavy atom. The van der Waals surface area contributed by atoms with Crippen molar-refractivity contribution in [2.45, 2.75) is 0 Å². The summed E-state index contributed by atoms with van der Waals surface area (Å²) >= 11 is 0. The molecule has 0 bridgehead atoms. The van der Waals surface area contributed by atoms with Gasteiger partial charge in [-0.05, 0) is 18.1 Å². The summed E-state index contributed by atoms with van der Waals surface area (Å²) < 4.78 is 5.17. The van der Waals surface area contributed by atoms with Crippen molar-refractivity contribution in [1.82, 2.24) is 0 Å². The summed E-state index contributed by atoms with van der Waals surface area (Å²) in [6.07, 6.45) is 0. The highest BCUT2D eigenvalue weighted by molar-refractivity contribution is 6.09. The number of benzene rings is 2. The first-order valence-electron chi connectivity index (χ1n) is 5.55. The summed E-state index contributed by atoms with van der Waals surface area (Å²) in [5.74, 6) is 5.94. The molecule has 0 heterocycles. The number of hydrogen-bond acceptors (Lipinski definition) is 2. The van der Waals surface area contributed by atoms with Crippen molar-refractivity contribution in [3.05, 3.63) is 65.7 Å². The molecule has 0 N–H and O–H groups in total. The Balaban J connectivity index is 2.25. The van der Waals surface area contributed by atoms with Crippen molar-refractivity contribution in [3.63, 3.8) is 0 Å². The highest BCUT2D eigenvalue weighted by atomic mass is 16.5.